The zero-order valence-corrected chi connectivity index (χ0v) is 11.3. The van der Waals surface area contributed by atoms with Gasteiger partial charge < -0.3 is 4.74 Å². The molecule has 0 bridgehead atoms. The molecule has 0 aliphatic rings. The van der Waals surface area contributed by atoms with Gasteiger partial charge in [-0.1, -0.05) is 45.0 Å². The van der Waals surface area contributed by atoms with Gasteiger partial charge in [-0.25, -0.2) is 9.97 Å². The first kappa shape index (κ1) is 12.6. The summed E-state index contributed by atoms with van der Waals surface area (Å²) in [5.74, 6) is 0.695. The van der Waals surface area contributed by atoms with Gasteiger partial charge >= 0.3 is 0 Å². The number of methoxy groups -OCH3 is 1. The Balaban J connectivity index is 2.41. The SMILES string of the molecule is COc1cncnc1-c1ccc(C(C)(C)C)cc1. The van der Waals surface area contributed by atoms with Crippen LogP contribution in [0.2, 0.25) is 0 Å². The smallest absolute Gasteiger partial charge is 0.163 e. The van der Waals surface area contributed by atoms with E-state index in [-0.39, 0.29) is 5.41 Å². The van der Waals surface area contributed by atoms with Crippen molar-refractivity contribution >= 4 is 0 Å². The van der Waals surface area contributed by atoms with Gasteiger partial charge in [0.15, 0.2) is 5.75 Å². The van der Waals surface area contributed by atoms with Gasteiger partial charge in [-0.05, 0) is 11.0 Å². The summed E-state index contributed by atoms with van der Waals surface area (Å²) in [7, 11) is 1.63. The maximum atomic E-state index is 5.27. The molecule has 18 heavy (non-hydrogen) atoms. The van der Waals surface area contributed by atoms with Crippen LogP contribution in [0.4, 0.5) is 0 Å². The average Bonchev–Trinajstić information content (AvgIpc) is 2.38. The molecule has 0 radical (unpaired) electrons. The molecule has 1 aromatic heterocycles. The first-order valence-electron chi connectivity index (χ1n) is 5.97. The molecule has 0 N–H and O–H groups in total. The van der Waals surface area contributed by atoms with Gasteiger partial charge in [0, 0.05) is 5.56 Å². The number of nitrogens with zero attached hydrogens (tertiary/aromatic N) is 2. The summed E-state index contributed by atoms with van der Waals surface area (Å²) in [6.07, 6.45) is 3.22. The lowest BCUT2D eigenvalue weighted by molar-refractivity contribution is 0.412. The summed E-state index contributed by atoms with van der Waals surface area (Å²) in [5.41, 5.74) is 3.34. The Morgan fingerprint density at radius 1 is 1.06 bits per heavy atom. The second-order valence-corrected chi connectivity index (χ2v) is 5.27. The molecule has 0 aliphatic heterocycles. The van der Waals surface area contributed by atoms with Crippen molar-refractivity contribution in [3.05, 3.63) is 42.4 Å². The van der Waals surface area contributed by atoms with Crippen LogP contribution in [0.1, 0.15) is 26.3 Å². The average molecular weight is 242 g/mol. The molecule has 0 saturated heterocycles. The van der Waals surface area contributed by atoms with Crippen LogP contribution >= 0.6 is 0 Å². The van der Waals surface area contributed by atoms with Gasteiger partial charge in [-0.2, -0.15) is 0 Å². The molecule has 0 spiro atoms. The Morgan fingerprint density at radius 3 is 2.28 bits per heavy atom. The number of hydrogen-bond acceptors (Lipinski definition) is 3. The molecule has 0 saturated carbocycles. The first-order chi connectivity index (χ1) is 8.52. The van der Waals surface area contributed by atoms with E-state index in [2.05, 4.69) is 55.0 Å². The minimum atomic E-state index is 0.161. The number of rotatable bonds is 2. The molecule has 94 valence electrons. The monoisotopic (exact) mass is 242 g/mol. The highest BCUT2D eigenvalue weighted by Crippen LogP contribution is 2.29. The Hall–Kier alpha value is -1.90. The van der Waals surface area contributed by atoms with Crippen LogP contribution in [0.25, 0.3) is 11.3 Å². The van der Waals surface area contributed by atoms with Crippen LogP contribution < -0.4 is 4.74 Å². The summed E-state index contributed by atoms with van der Waals surface area (Å²) >= 11 is 0. The normalized spacial score (nSPS) is 11.3. The highest BCUT2D eigenvalue weighted by atomic mass is 16.5. The number of aromatic nitrogens is 2. The zero-order valence-electron chi connectivity index (χ0n) is 11.3. The third kappa shape index (κ3) is 2.50. The van der Waals surface area contributed by atoms with Crippen LogP contribution in [0.3, 0.4) is 0 Å². The minimum Gasteiger partial charge on any atom is -0.493 e. The van der Waals surface area contributed by atoms with E-state index in [1.54, 1.807) is 13.3 Å². The van der Waals surface area contributed by atoms with E-state index in [1.807, 2.05) is 0 Å². The molecule has 0 unspecified atom stereocenters. The van der Waals surface area contributed by atoms with Crippen molar-refractivity contribution in [3.8, 4) is 17.0 Å². The number of hydrogen-bond donors (Lipinski definition) is 0. The molecule has 1 aromatic carbocycles. The van der Waals surface area contributed by atoms with Crippen molar-refractivity contribution < 1.29 is 4.74 Å². The molecule has 0 amide bonds. The van der Waals surface area contributed by atoms with E-state index < -0.39 is 0 Å². The van der Waals surface area contributed by atoms with Crippen molar-refractivity contribution in [2.24, 2.45) is 0 Å². The molecule has 3 heteroatoms. The van der Waals surface area contributed by atoms with E-state index in [4.69, 9.17) is 4.74 Å². The summed E-state index contributed by atoms with van der Waals surface area (Å²) in [5, 5.41) is 0. The van der Waals surface area contributed by atoms with Crippen molar-refractivity contribution in [3.63, 3.8) is 0 Å². The molecule has 0 atom stereocenters. The number of ether oxygens (including phenoxy) is 1. The van der Waals surface area contributed by atoms with E-state index >= 15 is 0 Å². The number of benzene rings is 1. The Morgan fingerprint density at radius 2 is 1.72 bits per heavy atom. The second kappa shape index (κ2) is 4.77. The maximum Gasteiger partial charge on any atom is 0.163 e. The predicted octanol–water partition coefficient (Wildman–Crippen LogP) is 3.45. The van der Waals surface area contributed by atoms with Crippen LogP contribution in [0, 0.1) is 0 Å². The third-order valence-electron chi connectivity index (χ3n) is 2.92. The lowest BCUT2D eigenvalue weighted by Gasteiger charge is -2.19. The fraction of sp³-hybridized carbons (Fsp3) is 0.333. The first-order valence-corrected chi connectivity index (χ1v) is 5.97. The third-order valence-corrected chi connectivity index (χ3v) is 2.92. The topological polar surface area (TPSA) is 35.0 Å². The molecule has 0 aliphatic carbocycles. The van der Waals surface area contributed by atoms with Gasteiger partial charge in [0.2, 0.25) is 0 Å². The lowest BCUT2D eigenvalue weighted by Crippen LogP contribution is -2.10. The Kier molecular flexibility index (Phi) is 3.32. The molecular weight excluding hydrogens is 224 g/mol. The predicted molar refractivity (Wildman–Crippen MR) is 72.7 cm³/mol. The van der Waals surface area contributed by atoms with Crippen LogP contribution in [0.15, 0.2) is 36.8 Å². The lowest BCUT2D eigenvalue weighted by atomic mass is 9.86. The van der Waals surface area contributed by atoms with Crippen LogP contribution in [-0.2, 0) is 5.41 Å². The van der Waals surface area contributed by atoms with E-state index in [1.165, 1.54) is 11.9 Å². The second-order valence-electron chi connectivity index (χ2n) is 5.27. The summed E-state index contributed by atoms with van der Waals surface area (Å²) in [6, 6.07) is 8.42. The molecule has 2 rings (SSSR count). The van der Waals surface area contributed by atoms with E-state index in [0.29, 0.717) is 5.75 Å². The molecular formula is C15H18N2O. The minimum absolute atomic E-state index is 0.161. The fourth-order valence-corrected chi connectivity index (χ4v) is 1.81. The van der Waals surface area contributed by atoms with Crippen LogP contribution in [0.5, 0.6) is 5.75 Å². The molecule has 1 heterocycles. The summed E-state index contributed by atoms with van der Waals surface area (Å²) < 4.78 is 5.27. The largest absolute Gasteiger partial charge is 0.493 e. The van der Waals surface area contributed by atoms with Gasteiger partial charge in [0.25, 0.3) is 0 Å². The van der Waals surface area contributed by atoms with Gasteiger partial charge in [0.1, 0.15) is 12.0 Å². The van der Waals surface area contributed by atoms with E-state index in [0.717, 1.165) is 11.3 Å². The van der Waals surface area contributed by atoms with Crippen LogP contribution in [-0.4, -0.2) is 17.1 Å². The van der Waals surface area contributed by atoms with E-state index in [9.17, 15) is 0 Å². The molecule has 3 nitrogen and oxygen atoms in total. The van der Waals surface area contributed by atoms with Gasteiger partial charge in [-0.15, -0.1) is 0 Å². The fourth-order valence-electron chi connectivity index (χ4n) is 1.81. The Labute approximate surface area is 108 Å². The molecule has 2 aromatic rings. The van der Waals surface area contributed by atoms with Crippen molar-refractivity contribution in [1.82, 2.24) is 9.97 Å². The summed E-state index contributed by atoms with van der Waals surface area (Å²) in [6.45, 7) is 6.60. The summed E-state index contributed by atoms with van der Waals surface area (Å²) in [4.78, 5) is 8.24. The Bertz CT molecular complexity index is 527. The highest BCUT2D eigenvalue weighted by molar-refractivity contribution is 5.65. The zero-order chi connectivity index (χ0) is 13.2. The van der Waals surface area contributed by atoms with Crippen molar-refractivity contribution in [2.75, 3.05) is 7.11 Å². The van der Waals surface area contributed by atoms with Crippen molar-refractivity contribution in [2.45, 2.75) is 26.2 Å². The van der Waals surface area contributed by atoms with Crippen molar-refractivity contribution in [1.29, 1.82) is 0 Å². The quantitative estimate of drug-likeness (QED) is 0.809. The van der Waals surface area contributed by atoms with Gasteiger partial charge in [-0.3, -0.25) is 0 Å². The molecule has 0 fully saturated rings. The van der Waals surface area contributed by atoms with Gasteiger partial charge in [0.05, 0.1) is 13.3 Å². The highest BCUT2D eigenvalue weighted by Gasteiger charge is 2.14. The maximum absolute atomic E-state index is 5.27. The standard InChI is InChI=1S/C15H18N2O/c1-15(2,3)12-7-5-11(6-8-12)14-13(18-4)9-16-10-17-14/h5-10H,1-4H3.